The summed E-state index contributed by atoms with van der Waals surface area (Å²) in [4.78, 5) is 22.1. The molecule has 0 aliphatic carbocycles. The Morgan fingerprint density at radius 2 is 2.00 bits per heavy atom. The van der Waals surface area contributed by atoms with Crippen LogP contribution in [0.15, 0.2) is 21.6 Å². The van der Waals surface area contributed by atoms with Gasteiger partial charge in [-0.05, 0) is 32.9 Å². The van der Waals surface area contributed by atoms with Crippen molar-refractivity contribution in [2.75, 3.05) is 5.75 Å². The Morgan fingerprint density at radius 1 is 1.39 bits per heavy atom. The summed E-state index contributed by atoms with van der Waals surface area (Å²) in [5.74, 6) is -2.18. The third-order valence-electron chi connectivity index (χ3n) is 1.79. The van der Waals surface area contributed by atoms with Crippen molar-refractivity contribution in [3.8, 4) is 0 Å². The topological polar surface area (TPSA) is 96.6 Å². The molecule has 1 rings (SSSR count). The molecule has 7 heteroatoms. The van der Waals surface area contributed by atoms with Gasteiger partial charge in [-0.2, -0.15) is 0 Å². The number of nitrogens with one attached hydrogen (secondary N) is 1. The van der Waals surface area contributed by atoms with Crippen LogP contribution in [0, 0.1) is 0 Å². The van der Waals surface area contributed by atoms with Crippen LogP contribution in [0.25, 0.3) is 0 Å². The molecule has 100 valence electrons. The summed E-state index contributed by atoms with van der Waals surface area (Å²) in [7, 11) is -1.69. The van der Waals surface area contributed by atoms with Crippen LogP contribution in [0.3, 0.4) is 0 Å². The normalized spacial score (nSPS) is 13.1. The van der Waals surface area contributed by atoms with Crippen molar-refractivity contribution in [1.29, 1.82) is 0 Å². The van der Waals surface area contributed by atoms with Gasteiger partial charge in [-0.1, -0.05) is 0 Å². The lowest BCUT2D eigenvalue weighted by Gasteiger charge is -2.19. The lowest BCUT2D eigenvalue weighted by Crippen LogP contribution is -2.42. The molecule has 1 atom stereocenters. The quantitative estimate of drug-likeness (QED) is 0.853. The predicted octanol–water partition coefficient (Wildman–Crippen LogP) is 1.00. The Balaban J connectivity index is 2.65. The van der Waals surface area contributed by atoms with Crippen molar-refractivity contribution in [1.82, 2.24) is 5.32 Å². The number of rotatable bonds is 4. The first-order valence-electron chi connectivity index (χ1n) is 5.21. The molecule has 0 aromatic carbocycles. The maximum absolute atomic E-state index is 11.7. The monoisotopic (exact) mass is 273 g/mol. The van der Waals surface area contributed by atoms with Crippen molar-refractivity contribution in [3.63, 3.8) is 0 Å². The van der Waals surface area contributed by atoms with Crippen LogP contribution in [-0.2, 0) is 15.6 Å². The van der Waals surface area contributed by atoms with E-state index < -0.39 is 22.3 Å². The number of amides is 1. The fraction of sp³-hybridized carbons (Fsp3) is 0.455. The van der Waals surface area contributed by atoms with Gasteiger partial charge in [0.15, 0.2) is 5.09 Å². The van der Waals surface area contributed by atoms with Crippen LogP contribution >= 0.6 is 0 Å². The molecule has 1 unspecified atom stereocenters. The molecule has 1 aromatic heterocycles. The van der Waals surface area contributed by atoms with Crippen molar-refractivity contribution in [3.05, 3.63) is 17.9 Å². The number of furan rings is 1. The first-order valence-corrected chi connectivity index (χ1v) is 6.53. The number of carbonyl (C=O) groups is 2. The highest BCUT2D eigenvalue weighted by molar-refractivity contribution is 7.85. The first-order chi connectivity index (χ1) is 8.19. The zero-order valence-corrected chi connectivity index (χ0v) is 11.2. The molecule has 1 amide bonds. The molecule has 1 heterocycles. The van der Waals surface area contributed by atoms with Crippen LogP contribution in [0.1, 0.15) is 31.3 Å². The summed E-state index contributed by atoms with van der Waals surface area (Å²) in [6.45, 7) is 5.43. The van der Waals surface area contributed by atoms with Gasteiger partial charge in [-0.25, -0.2) is 4.79 Å². The number of aromatic carboxylic acids is 1. The number of hydrogen-bond acceptors (Lipinski definition) is 4. The summed E-state index contributed by atoms with van der Waals surface area (Å²) >= 11 is 0. The Morgan fingerprint density at radius 3 is 2.44 bits per heavy atom. The van der Waals surface area contributed by atoms with Crippen LogP contribution < -0.4 is 5.32 Å². The maximum atomic E-state index is 11.7. The summed E-state index contributed by atoms with van der Waals surface area (Å²) in [5.41, 5.74) is -0.406. The smallest absolute Gasteiger partial charge is 0.371 e. The number of carbonyl (C=O) groups excluding carboxylic acids is 1. The highest BCUT2D eigenvalue weighted by Crippen LogP contribution is 2.12. The summed E-state index contributed by atoms with van der Waals surface area (Å²) in [6, 6.07) is 2.50. The van der Waals surface area contributed by atoms with Gasteiger partial charge >= 0.3 is 5.97 Å². The fourth-order valence-corrected chi connectivity index (χ4v) is 2.06. The summed E-state index contributed by atoms with van der Waals surface area (Å²) < 4.78 is 16.6. The molecule has 0 saturated carbocycles. The van der Waals surface area contributed by atoms with Crippen LogP contribution in [0.2, 0.25) is 0 Å². The van der Waals surface area contributed by atoms with E-state index in [2.05, 4.69) is 5.32 Å². The van der Waals surface area contributed by atoms with Crippen LogP contribution in [0.4, 0.5) is 0 Å². The molecule has 0 radical (unpaired) electrons. The molecule has 18 heavy (non-hydrogen) atoms. The minimum absolute atomic E-state index is 0.0172. The molecule has 0 saturated heterocycles. The van der Waals surface area contributed by atoms with E-state index in [4.69, 9.17) is 9.52 Å². The molecular formula is C11H15NO5S. The van der Waals surface area contributed by atoms with Crippen molar-refractivity contribution in [2.24, 2.45) is 0 Å². The van der Waals surface area contributed by atoms with Gasteiger partial charge < -0.3 is 14.8 Å². The van der Waals surface area contributed by atoms with E-state index in [1.807, 2.05) is 20.8 Å². The van der Waals surface area contributed by atoms with Gasteiger partial charge in [-0.15, -0.1) is 0 Å². The zero-order chi connectivity index (χ0) is 13.9. The molecule has 0 aliphatic heterocycles. The van der Waals surface area contributed by atoms with Crippen molar-refractivity contribution < 1.29 is 23.3 Å². The van der Waals surface area contributed by atoms with Gasteiger partial charge in [0.1, 0.15) is 5.75 Å². The lowest BCUT2D eigenvalue weighted by atomic mass is 10.1. The largest absolute Gasteiger partial charge is 0.475 e. The summed E-state index contributed by atoms with van der Waals surface area (Å²) in [6.07, 6.45) is 0. The van der Waals surface area contributed by atoms with E-state index >= 15 is 0 Å². The van der Waals surface area contributed by atoms with E-state index in [-0.39, 0.29) is 22.5 Å². The SMILES string of the molecule is CC(C)(C)NC(=O)CS(=O)c1ccc(C(=O)O)o1. The average Bonchev–Trinajstić information content (AvgIpc) is 2.62. The maximum Gasteiger partial charge on any atom is 0.371 e. The molecule has 0 aliphatic rings. The van der Waals surface area contributed by atoms with Gasteiger partial charge in [0.2, 0.25) is 11.7 Å². The highest BCUT2D eigenvalue weighted by atomic mass is 32.2. The fourth-order valence-electron chi connectivity index (χ4n) is 1.20. The van der Waals surface area contributed by atoms with Gasteiger partial charge in [0, 0.05) is 5.54 Å². The standard InChI is InChI=1S/C11H15NO5S/c1-11(2,3)12-8(13)6-18(16)9-5-4-7(17-9)10(14)15/h4-5H,6H2,1-3H3,(H,12,13)(H,14,15). The minimum atomic E-state index is -1.69. The second-order valence-electron chi connectivity index (χ2n) is 4.71. The van der Waals surface area contributed by atoms with E-state index in [0.29, 0.717) is 0 Å². The third-order valence-corrected chi connectivity index (χ3v) is 2.99. The lowest BCUT2D eigenvalue weighted by molar-refractivity contribution is -0.119. The second kappa shape index (κ2) is 5.34. The Kier molecular flexibility index (Phi) is 4.28. The van der Waals surface area contributed by atoms with E-state index in [1.165, 1.54) is 12.1 Å². The third kappa shape index (κ3) is 4.33. The van der Waals surface area contributed by atoms with E-state index in [0.717, 1.165) is 0 Å². The van der Waals surface area contributed by atoms with E-state index in [1.54, 1.807) is 0 Å². The van der Waals surface area contributed by atoms with E-state index in [9.17, 15) is 13.8 Å². The highest BCUT2D eigenvalue weighted by Gasteiger charge is 2.19. The van der Waals surface area contributed by atoms with Crippen LogP contribution in [0.5, 0.6) is 0 Å². The van der Waals surface area contributed by atoms with Gasteiger partial charge in [0.05, 0.1) is 10.8 Å². The Hall–Kier alpha value is -1.63. The van der Waals surface area contributed by atoms with Crippen molar-refractivity contribution in [2.45, 2.75) is 31.4 Å². The van der Waals surface area contributed by atoms with Gasteiger partial charge in [0.25, 0.3) is 0 Å². The Bertz CT molecular complexity index is 486. The molecule has 0 bridgehead atoms. The predicted molar refractivity (Wildman–Crippen MR) is 64.8 cm³/mol. The number of hydrogen-bond donors (Lipinski definition) is 2. The molecular weight excluding hydrogens is 258 g/mol. The van der Waals surface area contributed by atoms with Crippen molar-refractivity contribution >= 4 is 22.7 Å². The molecule has 2 N–H and O–H groups in total. The minimum Gasteiger partial charge on any atom is -0.475 e. The average molecular weight is 273 g/mol. The molecule has 0 spiro atoms. The molecule has 1 aromatic rings. The molecule has 6 nitrogen and oxygen atoms in total. The zero-order valence-electron chi connectivity index (χ0n) is 10.4. The number of carboxylic acids is 1. The number of carboxylic acid groups (broad SMARTS) is 1. The van der Waals surface area contributed by atoms with Gasteiger partial charge in [-0.3, -0.25) is 9.00 Å². The Labute approximate surface area is 107 Å². The van der Waals surface area contributed by atoms with Crippen LogP contribution in [-0.4, -0.2) is 32.5 Å². The first kappa shape index (κ1) is 14.4. The second-order valence-corrected chi connectivity index (χ2v) is 6.09. The molecule has 0 fully saturated rings. The summed E-state index contributed by atoms with van der Waals surface area (Å²) in [5, 5.41) is 11.3.